The zero-order valence-corrected chi connectivity index (χ0v) is 20.2. The van der Waals surface area contributed by atoms with E-state index in [2.05, 4.69) is 5.32 Å². The summed E-state index contributed by atoms with van der Waals surface area (Å²) >= 11 is 12.0. The van der Waals surface area contributed by atoms with Crippen LogP contribution in [0.1, 0.15) is 36.8 Å². The lowest BCUT2D eigenvalue weighted by Gasteiger charge is -2.21. The van der Waals surface area contributed by atoms with E-state index in [9.17, 15) is 14.4 Å². The SMILES string of the molecule is COC(=O)[C@H](Cc1ccc(Cl)cc1)NC(=O)c1cc2cc(Cl)ccc2n1C(=O)OC(C)(C)C. The number of aromatic nitrogens is 1. The van der Waals surface area contributed by atoms with Crippen molar-refractivity contribution in [1.82, 2.24) is 9.88 Å². The van der Waals surface area contributed by atoms with Gasteiger partial charge in [0, 0.05) is 21.9 Å². The van der Waals surface area contributed by atoms with Crippen LogP contribution in [-0.4, -0.2) is 41.3 Å². The number of fused-ring (bicyclic) bond motifs is 1. The largest absolute Gasteiger partial charge is 0.467 e. The zero-order chi connectivity index (χ0) is 24.3. The molecule has 33 heavy (non-hydrogen) atoms. The molecular weight excluding hydrogens is 467 g/mol. The molecule has 0 saturated heterocycles. The molecule has 1 N–H and O–H groups in total. The van der Waals surface area contributed by atoms with Crippen molar-refractivity contribution in [2.45, 2.75) is 38.8 Å². The number of carbonyl (C=O) groups is 3. The number of rotatable bonds is 5. The Bertz CT molecular complexity index is 1200. The Kier molecular flexibility index (Phi) is 7.34. The molecule has 174 valence electrons. The minimum Gasteiger partial charge on any atom is -0.467 e. The van der Waals surface area contributed by atoms with E-state index in [0.717, 1.165) is 5.56 Å². The van der Waals surface area contributed by atoms with Crippen molar-refractivity contribution >= 4 is 52.1 Å². The van der Waals surface area contributed by atoms with Crippen molar-refractivity contribution in [3.8, 4) is 0 Å². The van der Waals surface area contributed by atoms with Gasteiger partial charge in [0.2, 0.25) is 0 Å². The molecule has 0 aliphatic heterocycles. The topological polar surface area (TPSA) is 86.6 Å². The predicted molar refractivity (Wildman–Crippen MR) is 127 cm³/mol. The monoisotopic (exact) mass is 490 g/mol. The van der Waals surface area contributed by atoms with Gasteiger partial charge in [0.25, 0.3) is 5.91 Å². The Morgan fingerprint density at radius 3 is 2.24 bits per heavy atom. The molecule has 0 saturated carbocycles. The van der Waals surface area contributed by atoms with Gasteiger partial charge in [0.1, 0.15) is 17.3 Å². The smallest absolute Gasteiger partial charge is 0.419 e. The number of hydrogen-bond acceptors (Lipinski definition) is 5. The van der Waals surface area contributed by atoms with E-state index in [1.807, 2.05) is 0 Å². The van der Waals surface area contributed by atoms with E-state index < -0.39 is 29.6 Å². The fraction of sp³-hybridized carbons (Fsp3) is 0.292. The van der Waals surface area contributed by atoms with Gasteiger partial charge < -0.3 is 14.8 Å². The summed E-state index contributed by atoms with van der Waals surface area (Å²) in [5.41, 5.74) is 0.448. The van der Waals surface area contributed by atoms with Crippen LogP contribution in [0.4, 0.5) is 4.79 Å². The predicted octanol–water partition coefficient (Wildman–Crippen LogP) is 5.25. The molecule has 0 spiro atoms. The summed E-state index contributed by atoms with van der Waals surface area (Å²) < 4.78 is 11.5. The maximum Gasteiger partial charge on any atom is 0.419 e. The average molecular weight is 491 g/mol. The number of amides is 1. The Hall–Kier alpha value is -3.03. The van der Waals surface area contributed by atoms with Gasteiger partial charge in [-0.3, -0.25) is 4.79 Å². The normalized spacial score (nSPS) is 12.3. The van der Waals surface area contributed by atoms with Crippen LogP contribution in [0.2, 0.25) is 10.0 Å². The number of esters is 1. The lowest BCUT2D eigenvalue weighted by molar-refractivity contribution is -0.142. The summed E-state index contributed by atoms with van der Waals surface area (Å²) in [6.45, 7) is 5.19. The average Bonchev–Trinajstić information content (AvgIpc) is 3.11. The molecule has 0 aliphatic rings. The highest BCUT2D eigenvalue weighted by Gasteiger charge is 2.28. The number of nitrogens with one attached hydrogen (secondary N) is 1. The van der Waals surface area contributed by atoms with Crippen LogP contribution >= 0.6 is 23.2 Å². The van der Waals surface area contributed by atoms with Crippen molar-refractivity contribution in [3.05, 3.63) is 69.8 Å². The van der Waals surface area contributed by atoms with E-state index in [0.29, 0.717) is 20.9 Å². The summed E-state index contributed by atoms with van der Waals surface area (Å²) in [5.74, 6) is -1.26. The molecule has 3 rings (SSSR count). The van der Waals surface area contributed by atoms with Gasteiger partial charge >= 0.3 is 12.1 Å². The summed E-state index contributed by atoms with van der Waals surface area (Å²) in [6, 6.07) is 12.3. The first-order chi connectivity index (χ1) is 15.5. The van der Waals surface area contributed by atoms with Gasteiger partial charge in [-0.05, 0) is 62.7 Å². The molecule has 1 aromatic heterocycles. The second-order valence-corrected chi connectivity index (χ2v) is 9.30. The number of methoxy groups -OCH3 is 1. The highest BCUT2D eigenvalue weighted by atomic mass is 35.5. The molecule has 0 aliphatic carbocycles. The quantitative estimate of drug-likeness (QED) is 0.493. The van der Waals surface area contributed by atoms with Crippen molar-refractivity contribution in [2.24, 2.45) is 0 Å². The lowest BCUT2D eigenvalue weighted by Crippen LogP contribution is -2.44. The van der Waals surface area contributed by atoms with Gasteiger partial charge in [-0.15, -0.1) is 0 Å². The molecule has 0 radical (unpaired) electrons. The highest BCUT2D eigenvalue weighted by Crippen LogP contribution is 2.25. The molecule has 3 aromatic rings. The number of ether oxygens (including phenoxy) is 2. The zero-order valence-electron chi connectivity index (χ0n) is 18.6. The molecule has 7 nitrogen and oxygen atoms in total. The van der Waals surface area contributed by atoms with Crippen LogP contribution in [0.15, 0.2) is 48.5 Å². The first kappa shape index (κ1) is 24.6. The Balaban J connectivity index is 1.98. The summed E-state index contributed by atoms with van der Waals surface area (Å²) in [6.07, 6.45) is -0.550. The first-order valence-electron chi connectivity index (χ1n) is 10.2. The van der Waals surface area contributed by atoms with Crippen molar-refractivity contribution in [1.29, 1.82) is 0 Å². The van der Waals surface area contributed by atoms with Crippen molar-refractivity contribution < 1.29 is 23.9 Å². The maximum absolute atomic E-state index is 13.3. The number of hydrogen-bond donors (Lipinski definition) is 1. The number of nitrogens with zero attached hydrogens (tertiary/aromatic N) is 1. The third kappa shape index (κ3) is 6.06. The minimum absolute atomic E-state index is 0.00604. The van der Waals surface area contributed by atoms with E-state index in [4.69, 9.17) is 32.7 Å². The lowest BCUT2D eigenvalue weighted by atomic mass is 10.1. The summed E-state index contributed by atoms with van der Waals surface area (Å²) in [5, 5.41) is 4.25. The fourth-order valence-corrected chi connectivity index (χ4v) is 3.59. The van der Waals surface area contributed by atoms with Crippen LogP contribution in [0, 0.1) is 0 Å². The molecule has 9 heteroatoms. The van der Waals surface area contributed by atoms with Crippen LogP contribution in [-0.2, 0) is 20.7 Å². The van der Waals surface area contributed by atoms with E-state index in [-0.39, 0.29) is 12.1 Å². The Morgan fingerprint density at radius 2 is 1.64 bits per heavy atom. The minimum atomic E-state index is -0.989. The summed E-state index contributed by atoms with van der Waals surface area (Å²) in [7, 11) is 1.24. The third-order valence-electron chi connectivity index (χ3n) is 4.72. The van der Waals surface area contributed by atoms with Gasteiger partial charge in [-0.25, -0.2) is 14.2 Å². The van der Waals surface area contributed by atoms with E-state index in [1.165, 1.54) is 17.7 Å². The standard InChI is InChI=1S/C24H24Cl2N2O5/c1-24(2,3)33-23(31)28-19-10-9-17(26)12-15(19)13-20(28)21(29)27-18(22(30)32-4)11-14-5-7-16(25)8-6-14/h5-10,12-13,18H,11H2,1-4H3,(H,27,29)/t18-/m0/s1. The van der Waals surface area contributed by atoms with Crippen molar-refractivity contribution in [3.63, 3.8) is 0 Å². The Morgan fingerprint density at radius 1 is 1.00 bits per heavy atom. The number of halogens is 2. The molecule has 1 amide bonds. The van der Waals surface area contributed by atoms with Crippen LogP contribution in [0.25, 0.3) is 10.9 Å². The molecule has 0 unspecified atom stereocenters. The summed E-state index contributed by atoms with van der Waals surface area (Å²) in [4.78, 5) is 38.6. The molecule has 0 fully saturated rings. The molecule has 1 atom stereocenters. The van der Waals surface area contributed by atoms with E-state index >= 15 is 0 Å². The van der Waals surface area contributed by atoms with Crippen LogP contribution in [0.5, 0.6) is 0 Å². The van der Waals surface area contributed by atoms with Gasteiger partial charge in [-0.2, -0.15) is 0 Å². The number of carbonyl (C=O) groups excluding carboxylic acids is 3. The van der Waals surface area contributed by atoms with Gasteiger partial charge in [0.15, 0.2) is 0 Å². The van der Waals surface area contributed by atoms with Gasteiger partial charge in [-0.1, -0.05) is 35.3 Å². The van der Waals surface area contributed by atoms with Crippen molar-refractivity contribution in [2.75, 3.05) is 7.11 Å². The highest BCUT2D eigenvalue weighted by molar-refractivity contribution is 6.31. The molecule has 2 aromatic carbocycles. The number of benzene rings is 2. The fourth-order valence-electron chi connectivity index (χ4n) is 3.28. The Labute approximate surface area is 201 Å². The van der Waals surface area contributed by atoms with E-state index in [1.54, 1.807) is 63.2 Å². The molecular formula is C24H24Cl2N2O5. The van der Waals surface area contributed by atoms with Gasteiger partial charge in [0.05, 0.1) is 12.6 Å². The maximum atomic E-state index is 13.3. The van der Waals surface area contributed by atoms with Crippen LogP contribution < -0.4 is 5.32 Å². The van der Waals surface area contributed by atoms with Crippen LogP contribution in [0.3, 0.4) is 0 Å². The third-order valence-corrected chi connectivity index (χ3v) is 5.20. The molecule has 1 heterocycles. The molecule has 0 bridgehead atoms. The first-order valence-corrected chi connectivity index (χ1v) is 10.9. The second-order valence-electron chi connectivity index (χ2n) is 8.43. The second kappa shape index (κ2) is 9.85.